The SMILES string of the molecule is Brc1cccc(I)c1NI. The van der Waals surface area contributed by atoms with Gasteiger partial charge in [0.05, 0.1) is 28.6 Å². The summed E-state index contributed by atoms with van der Waals surface area (Å²) in [6.07, 6.45) is 0. The van der Waals surface area contributed by atoms with Gasteiger partial charge in [-0.15, -0.1) is 0 Å². The molecule has 0 spiro atoms. The van der Waals surface area contributed by atoms with Crippen LogP contribution in [0.2, 0.25) is 0 Å². The fourth-order valence-corrected chi connectivity index (χ4v) is 3.52. The minimum absolute atomic E-state index is 1.11. The quantitative estimate of drug-likeness (QED) is 0.535. The third-order valence-electron chi connectivity index (χ3n) is 1.06. The highest BCUT2D eigenvalue weighted by Gasteiger charge is 2.00. The molecular formula is C6H4BrI2N. The standard InChI is InChI=1S/C6H4BrI2N/c7-4-2-1-3-5(8)6(4)10-9/h1-3,10H. The number of para-hydroxylation sites is 1. The summed E-state index contributed by atoms with van der Waals surface area (Å²) in [6, 6.07) is 6.10. The molecule has 0 atom stereocenters. The maximum Gasteiger partial charge on any atom is 0.0706 e. The summed E-state index contributed by atoms with van der Waals surface area (Å²) in [5, 5.41) is 0. The van der Waals surface area contributed by atoms with Crippen LogP contribution in [-0.2, 0) is 0 Å². The van der Waals surface area contributed by atoms with Gasteiger partial charge in [-0.1, -0.05) is 6.07 Å². The largest absolute Gasteiger partial charge is 0.327 e. The summed E-state index contributed by atoms with van der Waals surface area (Å²) in [6.45, 7) is 0. The molecule has 4 heteroatoms. The third kappa shape index (κ3) is 1.97. The van der Waals surface area contributed by atoms with Gasteiger partial charge in [-0.2, -0.15) is 0 Å². The van der Waals surface area contributed by atoms with E-state index in [1.807, 2.05) is 12.1 Å². The van der Waals surface area contributed by atoms with Crippen molar-refractivity contribution in [2.75, 3.05) is 3.53 Å². The summed E-state index contributed by atoms with van der Waals surface area (Å²) in [5.41, 5.74) is 1.14. The maximum absolute atomic E-state index is 3.44. The molecule has 1 nitrogen and oxygen atoms in total. The van der Waals surface area contributed by atoms with Crippen molar-refractivity contribution in [2.24, 2.45) is 0 Å². The molecule has 1 N–H and O–H groups in total. The molecule has 10 heavy (non-hydrogen) atoms. The Hall–Kier alpha value is 0.960. The number of benzene rings is 1. The van der Waals surface area contributed by atoms with Gasteiger partial charge in [0, 0.05) is 8.04 Å². The fourth-order valence-electron chi connectivity index (χ4n) is 0.588. The lowest BCUT2D eigenvalue weighted by Crippen LogP contribution is -1.84. The number of anilines is 1. The molecule has 0 saturated heterocycles. The van der Waals surface area contributed by atoms with E-state index >= 15 is 0 Å². The summed E-state index contributed by atoms with van der Waals surface area (Å²) in [5.74, 6) is 0. The predicted molar refractivity (Wildman–Crippen MR) is 64.5 cm³/mol. The van der Waals surface area contributed by atoms with Gasteiger partial charge in [0.15, 0.2) is 0 Å². The van der Waals surface area contributed by atoms with E-state index in [2.05, 4.69) is 71.0 Å². The van der Waals surface area contributed by atoms with Crippen molar-refractivity contribution in [1.29, 1.82) is 0 Å². The van der Waals surface area contributed by atoms with Crippen LogP contribution in [-0.4, -0.2) is 0 Å². The zero-order chi connectivity index (χ0) is 7.56. The van der Waals surface area contributed by atoms with Crippen molar-refractivity contribution in [3.8, 4) is 0 Å². The van der Waals surface area contributed by atoms with Gasteiger partial charge in [-0.25, -0.2) is 0 Å². The second-order valence-electron chi connectivity index (χ2n) is 1.69. The average Bonchev–Trinajstić information content (AvgIpc) is 1.88. The molecule has 0 fully saturated rings. The monoisotopic (exact) mass is 423 g/mol. The highest BCUT2D eigenvalue weighted by atomic mass is 127. The van der Waals surface area contributed by atoms with Gasteiger partial charge in [-0.3, -0.25) is 0 Å². The van der Waals surface area contributed by atoms with E-state index in [9.17, 15) is 0 Å². The maximum atomic E-state index is 3.44. The van der Waals surface area contributed by atoms with Crippen LogP contribution in [0.1, 0.15) is 0 Å². The van der Waals surface area contributed by atoms with Crippen molar-refractivity contribution >= 4 is 67.1 Å². The highest BCUT2D eigenvalue weighted by molar-refractivity contribution is 14.1. The minimum atomic E-state index is 1.11. The van der Waals surface area contributed by atoms with Gasteiger partial charge in [-0.05, 0) is 50.7 Å². The van der Waals surface area contributed by atoms with E-state index in [0.717, 1.165) is 10.2 Å². The predicted octanol–water partition coefficient (Wildman–Crippen LogP) is 3.82. The van der Waals surface area contributed by atoms with Crippen LogP contribution in [0.3, 0.4) is 0 Å². The van der Waals surface area contributed by atoms with Crippen molar-refractivity contribution in [3.63, 3.8) is 0 Å². The second kappa shape index (κ2) is 4.10. The molecule has 0 bridgehead atoms. The third-order valence-corrected chi connectivity index (χ3v) is 3.16. The molecule has 1 aromatic rings. The zero-order valence-corrected chi connectivity index (χ0v) is 10.8. The van der Waals surface area contributed by atoms with E-state index in [4.69, 9.17) is 0 Å². The summed E-state index contributed by atoms with van der Waals surface area (Å²) in [7, 11) is 0. The van der Waals surface area contributed by atoms with Crippen molar-refractivity contribution in [3.05, 3.63) is 26.2 Å². The van der Waals surface area contributed by atoms with Gasteiger partial charge < -0.3 is 3.53 Å². The molecule has 54 valence electrons. The minimum Gasteiger partial charge on any atom is -0.327 e. The van der Waals surface area contributed by atoms with E-state index in [-0.39, 0.29) is 0 Å². The fraction of sp³-hybridized carbons (Fsp3) is 0. The molecule has 0 radical (unpaired) electrons. The normalized spacial score (nSPS) is 9.50. The van der Waals surface area contributed by atoms with E-state index in [1.54, 1.807) is 0 Å². The Kier molecular flexibility index (Phi) is 3.71. The molecular weight excluding hydrogens is 420 g/mol. The molecule has 0 aromatic heterocycles. The summed E-state index contributed by atoms with van der Waals surface area (Å²) < 4.78 is 5.41. The molecule has 0 saturated carbocycles. The van der Waals surface area contributed by atoms with E-state index in [1.165, 1.54) is 3.57 Å². The Morgan fingerprint density at radius 3 is 2.50 bits per heavy atom. The lowest BCUT2D eigenvalue weighted by atomic mass is 10.3. The number of hydrogen-bond acceptors (Lipinski definition) is 1. The number of hydrogen-bond donors (Lipinski definition) is 1. The van der Waals surface area contributed by atoms with Crippen LogP contribution >= 0.6 is 61.4 Å². The Morgan fingerprint density at radius 2 is 2.10 bits per heavy atom. The van der Waals surface area contributed by atoms with E-state index < -0.39 is 0 Å². The van der Waals surface area contributed by atoms with Gasteiger partial charge >= 0.3 is 0 Å². The topological polar surface area (TPSA) is 12.0 Å². The summed E-state index contributed by atoms with van der Waals surface area (Å²) in [4.78, 5) is 0. The van der Waals surface area contributed by atoms with Crippen molar-refractivity contribution < 1.29 is 0 Å². The van der Waals surface area contributed by atoms with Crippen LogP contribution in [0, 0.1) is 3.57 Å². The Morgan fingerprint density at radius 1 is 1.40 bits per heavy atom. The van der Waals surface area contributed by atoms with Crippen LogP contribution < -0.4 is 3.53 Å². The van der Waals surface area contributed by atoms with Crippen LogP contribution in [0.15, 0.2) is 22.7 Å². The lowest BCUT2D eigenvalue weighted by Gasteiger charge is -2.02. The number of halogens is 3. The van der Waals surface area contributed by atoms with Gasteiger partial charge in [0.25, 0.3) is 0 Å². The summed E-state index contributed by atoms with van der Waals surface area (Å²) >= 11 is 7.84. The molecule has 0 aliphatic heterocycles. The van der Waals surface area contributed by atoms with E-state index in [0.29, 0.717) is 0 Å². The van der Waals surface area contributed by atoms with Gasteiger partial charge in [0.2, 0.25) is 0 Å². The Bertz CT molecular complexity index is 219. The average molecular weight is 424 g/mol. The first-order chi connectivity index (χ1) is 4.75. The van der Waals surface area contributed by atoms with Crippen LogP contribution in [0.5, 0.6) is 0 Å². The van der Waals surface area contributed by atoms with Crippen LogP contribution in [0.25, 0.3) is 0 Å². The number of nitrogens with one attached hydrogen (secondary N) is 1. The molecule has 0 unspecified atom stereocenters. The highest BCUT2D eigenvalue weighted by Crippen LogP contribution is 2.28. The molecule has 0 heterocycles. The first kappa shape index (κ1) is 9.05. The first-order valence-corrected chi connectivity index (χ1v) is 5.51. The molecule has 1 aromatic carbocycles. The van der Waals surface area contributed by atoms with Crippen molar-refractivity contribution in [2.45, 2.75) is 0 Å². The zero-order valence-electron chi connectivity index (χ0n) is 4.87. The van der Waals surface area contributed by atoms with Crippen molar-refractivity contribution in [1.82, 2.24) is 0 Å². The molecule has 0 aliphatic rings. The van der Waals surface area contributed by atoms with Gasteiger partial charge in [0.1, 0.15) is 0 Å². The van der Waals surface area contributed by atoms with Crippen LogP contribution in [0.4, 0.5) is 5.69 Å². The molecule has 0 amide bonds. The smallest absolute Gasteiger partial charge is 0.0706 e. The Balaban J connectivity index is 3.17. The molecule has 0 aliphatic carbocycles. The second-order valence-corrected chi connectivity index (χ2v) is 4.25. The Labute approximate surface area is 95.7 Å². The molecule has 1 rings (SSSR count). The number of rotatable bonds is 1. The lowest BCUT2D eigenvalue weighted by molar-refractivity contribution is 1.59. The first-order valence-electron chi connectivity index (χ1n) is 2.56.